The lowest BCUT2D eigenvalue weighted by atomic mass is 10.1. The average Bonchev–Trinajstić information content (AvgIpc) is 2.84. The molecule has 2 aromatic rings. The van der Waals surface area contributed by atoms with E-state index in [-0.39, 0.29) is 12.5 Å². The smallest absolute Gasteiger partial charge is 0.239 e. The Balaban J connectivity index is 1.82. The van der Waals surface area contributed by atoms with E-state index in [1.807, 2.05) is 30.3 Å². The molecule has 2 rings (SSSR count). The number of carbonyl (C=O) groups is 2. The zero-order valence-electron chi connectivity index (χ0n) is 11.0. The molecule has 2 amide bonds. The number of nitrogens with one attached hydrogen (secondary N) is 1. The van der Waals surface area contributed by atoms with E-state index >= 15 is 0 Å². The third-order valence-corrected chi connectivity index (χ3v) is 2.71. The molecule has 104 valence electrons. The summed E-state index contributed by atoms with van der Waals surface area (Å²) in [6.07, 6.45) is 2.65. The first-order valence-corrected chi connectivity index (χ1v) is 6.29. The van der Waals surface area contributed by atoms with Crippen LogP contribution in [0.3, 0.4) is 0 Å². The molecule has 0 bridgehead atoms. The fourth-order valence-electron chi connectivity index (χ4n) is 1.78. The summed E-state index contributed by atoms with van der Waals surface area (Å²) in [6.45, 7) is -0.000113. The van der Waals surface area contributed by atoms with Crippen molar-refractivity contribution in [3.8, 4) is 0 Å². The quantitative estimate of drug-likeness (QED) is 0.820. The molecule has 0 spiro atoms. The number of hydrogen-bond donors (Lipinski definition) is 2. The van der Waals surface area contributed by atoms with Gasteiger partial charge in [0.05, 0.1) is 0 Å². The molecule has 0 atom stereocenters. The van der Waals surface area contributed by atoms with E-state index in [1.165, 1.54) is 4.68 Å². The van der Waals surface area contributed by atoms with Crippen LogP contribution in [0.2, 0.25) is 0 Å². The van der Waals surface area contributed by atoms with Crippen LogP contribution in [0.5, 0.6) is 0 Å². The molecular weight excluding hydrogens is 256 g/mol. The summed E-state index contributed by atoms with van der Waals surface area (Å²) >= 11 is 0. The van der Waals surface area contributed by atoms with Gasteiger partial charge in [-0.3, -0.25) is 14.3 Å². The lowest BCUT2D eigenvalue weighted by Crippen LogP contribution is -2.19. The Hall–Kier alpha value is -2.63. The second-order valence-electron chi connectivity index (χ2n) is 4.40. The number of anilines is 1. The van der Waals surface area contributed by atoms with Crippen LogP contribution in [-0.4, -0.2) is 21.6 Å². The topological polar surface area (TPSA) is 90.0 Å². The van der Waals surface area contributed by atoms with Crippen molar-refractivity contribution in [3.63, 3.8) is 0 Å². The lowest BCUT2D eigenvalue weighted by molar-refractivity contribution is -0.118. The first-order valence-electron chi connectivity index (χ1n) is 6.29. The maximum atomic E-state index is 11.8. The van der Waals surface area contributed by atoms with Gasteiger partial charge in [-0.05, 0) is 12.0 Å². The predicted molar refractivity (Wildman–Crippen MR) is 74.8 cm³/mol. The van der Waals surface area contributed by atoms with Gasteiger partial charge in [-0.1, -0.05) is 30.3 Å². The van der Waals surface area contributed by atoms with Crippen molar-refractivity contribution < 1.29 is 9.59 Å². The Bertz CT molecular complexity index is 592. The predicted octanol–water partition coefficient (Wildman–Crippen LogP) is 0.940. The van der Waals surface area contributed by atoms with Gasteiger partial charge in [0, 0.05) is 18.7 Å². The molecule has 6 heteroatoms. The number of amides is 2. The minimum absolute atomic E-state index is 0.000113. The minimum atomic E-state index is -0.477. The van der Waals surface area contributed by atoms with Crippen molar-refractivity contribution >= 4 is 17.6 Å². The molecule has 6 nitrogen and oxygen atoms in total. The van der Waals surface area contributed by atoms with E-state index in [0.29, 0.717) is 18.7 Å². The normalized spacial score (nSPS) is 10.2. The van der Waals surface area contributed by atoms with Crippen molar-refractivity contribution in [1.82, 2.24) is 9.78 Å². The molecule has 20 heavy (non-hydrogen) atoms. The third-order valence-electron chi connectivity index (χ3n) is 2.71. The van der Waals surface area contributed by atoms with E-state index < -0.39 is 5.91 Å². The van der Waals surface area contributed by atoms with Crippen LogP contribution < -0.4 is 11.1 Å². The highest BCUT2D eigenvalue weighted by atomic mass is 16.2. The van der Waals surface area contributed by atoms with Crippen molar-refractivity contribution in [1.29, 1.82) is 0 Å². The fraction of sp³-hybridized carbons (Fsp3) is 0.214. The van der Waals surface area contributed by atoms with Crippen LogP contribution in [-0.2, 0) is 22.6 Å². The van der Waals surface area contributed by atoms with Gasteiger partial charge in [0.1, 0.15) is 6.54 Å². The van der Waals surface area contributed by atoms with E-state index in [4.69, 9.17) is 5.73 Å². The highest BCUT2D eigenvalue weighted by Gasteiger charge is 2.06. The number of nitrogens with two attached hydrogens (primary N) is 1. The summed E-state index contributed by atoms with van der Waals surface area (Å²) in [5, 5.41) is 6.71. The molecule has 3 N–H and O–H groups in total. The van der Waals surface area contributed by atoms with Gasteiger partial charge >= 0.3 is 0 Å². The first-order chi connectivity index (χ1) is 9.63. The maximum Gasteiger partial charge on any atom is 0.239 e. The van der Waals surface area contributed by atoms with Gasteiger partial charge in [0.25, 0.3) is 0 Å². The Labute approximate surface area is 116 Å². The van der Waals surface area contributed by atoms with Gasteiger partial charge in [-0.2, -0.15) is 5.10 Å². The monoisotopic (exact) mass is 272 g/mol. The molecular formula is C14H16N4O2. The molecule has 1 heterocycles. The zero-order chi connectivity index (χ0) is 14.4. The fourth-order valence-corrected chi connectivity index (χ4v) is 1.78. The summed E-state index contributed by atoms with van der Waals surface area (Å²) in [5.41, 5.74) is 6.17. The Kier molecular flexibility index (Phi) is 4.49. The highest BCUT2D eigenvalue weighted by Crippen LogP contribution is 2.06. The first kappa shape index (κ1) is 13.8. The number of aromatic nitrogens is 2. The largest absolute Gasteiger partial charge is 0.368 e. The van der Waals surface area contributed by atoms with E-state index in [9.17, 15) is 9.59 Å². The number of benzene rings is 1. The van der Waals surface area contributed by atoms with Crippen molar-refractivity contribution in [2.75, 3.05) is 5.32 Å². The Morgan fingerprint density at radius 3 is 2.65 bits per heavy atom. The van der Waals surface area contributed by atoms with E-state index in [0.717, 1.165) is 5.56 Å². The summed E-state index contributed by atoms with van der Waals surface area (Å²) in [7, 11) is 0. The van der Waals surface area contributed by atoms with Crippen LogP contribution in [0.4, 0.5) is 5.82 Å². The summed E-state index contributed by atoms with van der Waals surface area (Å²) < 4.78 is 1.38. The lowest BCUT2D eigenvalue weighted by Gasteiger charge is -2.02. The van der Waals surface area contributed by atoms with Gasteiger partial charge in [0.2, 0.25) is 11.8 Å². The Morgan fingerprint density at radius 2 is 1.95 bits per heavy atom. The minimum Gasteiger partial charge on any atom is -0.368 e. The molecule has 0 aliphatic rings. The molecule has 0 saturated heterocycles. The van der Waals surface area contributed by atoms with Gasteiger partial charge in [-0.25, -0.2) is 0 Å². The van der Waals surface area contributed by atoms with E-state index in [1.54, 1.807) is 12.3 Å². The van der Waals surface area contributed by atoms with Crippen LogP contribution in [0, 0.1) is 0 Å². The number of rotatable bonds is 6. The summed E-state index contributed by atoms with van der Waals surface area (Å²) in [5.74, 6) is -0.169. The van der Waals surface area contributed by atoms with Crippen LogP contribution in [0.15, 0.2) is 42.6 Å². The molecule has 0 unspecified atom stereocenters. The SMILES string of the molecule is NC(=O)Cn1ccc(NC(=O)CCc2ccccc2)n1. The number of nitrogens with zero attached hydrogens (tertiary/aromatic N) is 2. The van der Waals surface area contributed by atoms with Crippen LogP contribution >= 0.6 is 0 Å². The molecule has 0 radical (unpaired) electrons. The maximum absolute atomic E-state index is 11.8. The highest BCUT2D eigenvalue weighted by molar-refractivity contribution is 5.89. The standard InChI is InChI=1S/C14H16N4O2/c15-12(19)10-18-9-8-13(17-18)16-14(20)7-6-11-4-2-1-3-5-11/h1-5,8-9H,6-7,10H2,(H2,15,19)(H,16,17,20). The average molecular weight is 272 g/mol. The number of hydrogen-bond acceptors (Lipinski definition) is 3. The molecule has 0 fully saturated rings. The second-order valence-corrected chi connectivity index (χ2v) is 4.40. The van der Waals surface area contributed by atoms with Crippen molar-refractivity contribution in [2.24, 2.45) is 5.73 Å². The van der Waals surface area contributed by atoms with Crippen LogP contribution in [0.1, 0.15) is 12.0 Å². The van der Waals surface area contributed by atoms with Gasteiger partial charge in [0.15, 0.2) is 5.82 Å². The number of aryl methyl sites for hydroxylation is 1. The van der Waals surface area contributed by atoms with Gasteiger partial charge < -0.3 is 11.1 Å². The molecule has 0 aliphatic carbocycles. The molecule has 0 saturated carbocycles. The molecule has 1 aromatic carbocycles. The molecule has 1 aromatic heterocycles. The van der Waals surface area contributed by atoms with Crippen molar-refractivity contribution in [2.45, 2.75) is 19.4 Å². The Morgan fingerprint density at radius 1 is 1.20 bits per heavy atom. The van der Waals surface area contributed by atoms with Crippen molar-refractivity contribution in [3.05, 3.63) is 48.2 Å². The number of carbonyl (C=O) groups excluding carboxylic acids is 2. The molecule has 0 aliphatic heterocycles. The van der Waals surface area contributed by atoms with Gasteiger partial charge in [-0.15, -0.1) is 0 Å². The van der Waals surface area contributed by atoms with E-state index in [2.05, 4.69) is 10.4 Å². The summed E-state index contributed by atoms with van der Waals surface area (Å²) in [6, 6.07) is 11.4. The zero-order valence-corrected chi connectivity index (χ0v) is 11.0. The van der Waals surface area contributed by atoms with Crippen LogP contribution in [0.25, 0.3) is 0 Å². The second kappa shape index (κ2) is 6.51. The third kappa shape index (κ3) is 4.24. The number of primary amides is 1. The summed E-state index contributed by atoms with van der Waals surface area (Å²) in [4.78, 5) is 22.5.